The number of carbonyl (C=O) groups is 1. The summed E-state index contributed by atoms with van der Waals surface area (Å²) in [5, 5.41) is 4.24. The van der Waals surface area contributed by atoms with Crippen molar-refractivity contribution < 1.29 is 13.9 Å². The first-order valence-electron chi connectivity index (χ1n) is 7.34. The number of hydrogen-bond acceptors (Lipinski definition) is 4. The predicted octanol–water partition coefficient (Wildman–Crippen LogP) is 4.64. The molecule has 0 saturated heterocycles. The number of benzene rings is 2. The Bertz CT molecular complexity index is 1010. The zero-order chi connectivity index (χ0) is 18.0. The summed E-state index contributed by atoms with van der Waals surface area (Å²) in [7, 11) is 0. The maximum Gasteiger partial charge on any atom is 0.336 e. The van der Waals surface area contributed by atoms with Crippen molar-refractivity contribution in [3.63, 3.8) is 0 Å². The van der Waals surface area contributed by atoms with Crippen molar-refractivity contribution in [3.8, 4) is 5.75 Å². The van der Waals surface area contributed by atoms with Crippen LogP contribution < -0.4 is 15.7 Å². The van der Waals surface area contributed by atoms with Gasteiger partial charge in [0.25, 0.3) is 0 Å². The van der Waals surface area contributed by atoms with Gasteiger partial charge in [-0.1, -0.05) is 23.2 Å². The summed E-state index contributed by atoms with van der Waals surface area (Å²) in [4.78, 5) is 23.0. The predicted molar refractivity (Wildman–Crippen MR) is 97.6 cm³/mol. The lowest BCUT2D eigenvalue weighted by Gasteiger charge is -2.10. The highest BCUT2D eigenvalue weighted by molar-refractivity contribution is 6.35. The van der Waals surface area contributed by atoms with Crippen molar-refractivity contribution in [1.82, 2.24) is 0 Å². The molecule has 0 aliphatic rings. The lowest BCUT2D eigenvalue weighted by molar-refractivity contribution is -0.114. The minimum atomic E-state index is -0.506. The summed E-state index contributed by atoms with van der Waals surface area (Å²) in [5.74, 6) is 0.251. The molecule has 5 nitrogen and oxygen atoms in total. The van der Waals surface area contributed by atoms with Gasteiger partial charge in [0.1, 0.15) is 17.9 Å². The van der Waals surface area contributed by atoms with Crippen molar-refractivity contribution >= 4 is 45.8 Å². The number of nitrogens with one attached hydrogen (secondary N) is 1. The van der Waals surface area contributed by atoms with E-state index >= 15 is 0 Å². The van der Waals surface area contributed by atoms with Crippen molar-refractivity contribution in [2.45, 2.75) is 13.5 Å². The first-order valence-corrected chi connectivity index (χ1v) is 8.10. The first kappa shape index (κ1) is 17.3. The minimum absolute atomic E-state index is 0.128. The first-order chi connectivity index (χ1) is 11.9. The van der Waals surface area contributed by atoms with E-state index in [4.69, 9.17) is 32.4 Å². The third kappa shape index (κ3) is 4.13. The van der Waals surface area contributed by atoms with Gasteiger partial charge in [0.2, 0.25) is 5.91 Å². The molecular formula is C18H13Cl2NO4. The lowest BCUT2D eigenvalue weighted by Crippen LogP contribution is -2.07. The van der Waals surface area contributed by atoms with Crippen LogP contribution in [0, 0.1) is 0 Å². The van der Waals surface area contributed by atoms with Gasteiger partial charge in [-0.2, -0.15) is 0 Å². The molecule has 3 aromatic rings. The van der Waals surface area contributed by atoms with Gasteiger partial charge in [-0.05, 0) is 30.3 Å². The van der Waals surface area contributed by atoms with Crippen molar-refractivity contribution in [2.24, 2.45) is 0 Å². The van der Waals surface area contributed by atoms with Crippen LogP contribution in [0.4, 0.5) is 5.69 Å². The average molecular weight is 378 g/mol. The average Bonchev–Trinajstić information content (AvgIpc) is 2.52. The van der Waals surface area contributed by atoms with Crippen molar-refractivity contribution in [2.75, 3.05) is 5.32 Å². The molecule has 2 aromatic carbocycles. The summed E-state index contributed by atoms with van der Waals surface area (Å²) in [6, 6.07) is 11.3. The second-order valence-electron chi connectivity index (χ2n) is 5.35. The van der Waals surface area contributed by atoms with Crippen LogP contribution in [0.3, 0.4) is 0 Å². The monoisotopic (exact) mass is 377 g/mol. The molecule has 1 aromatic heterocycles. The summed E-state index contributed by atoms with van der Waals surface area (Å²) < 4.78 is 10.9. The summed E-state index contributed by atoms with van der Waals surface area (Å²) in [6.07, 6.45) is 0. The Balaban J connectivity index is 1.92. The van der Waals surface area contributed by atoms with E-state index < -0.39 is 5.63 Å². The molecule has 0 atom stereocenters. The highest BCUT2D eigenvalue weighted by Gasteiger charge is 2.09. The molecular weight excluding hydrogens is 365 g/mol. The molecule has 0 bridgehead atoms. The van der Waals surface area contributed by atoms with Gasteiger partial charge in [0.15, 0.2) is 0 Å². The van der Waals surface area contributed by atoms with Crippen LogP contribution >= 0.6 is 23.2 Å². The van der Waals surface area contributed by atoms with Crippen LogP contribution in [-0.2, 0) is 11.4 Å². The number of amides is 1. The van der Waals surface area contributed by atoms with E-state index in [1.807, 2.05) is 0 Å². The number of halogens is 2. The van der Waals surface area contributed by atoms with Gasteiger partial charge in [-0.15, -0.1) is 0 Å². The molecule has 1 N–H and O–H groups in total. The molecule has 0 radical (unpaired) electrons. The second-order valence-corrected chi connectivity index (χ2v) is 6.19. The van der Waals surface area contributed by atoms with Gasteiger partial charge in [-0.3, -0.25) is 4.79 Å². The largest absolute Gasteiger partial charge is 0.487 e. The maximum atomic E-state index is 11.8. The smallest absolute Gasteiger partial charge is 0.336 e. The highest BCUT2D eigenvalue weighted by Crippen LogP contribution is 2.29. The fourth-order valence-electron chi connectivity index (χ4n) is 2.38. The van der Waals surface area contributed by atoms with E-state index in [0.29, 0.717) is 38.0 Å². The van der Waals surface area contributed by atoms with Gasteiger partial charge >= 0.3 is 5.63 Å². The number of rotatable bonds is 4. The van der Waals surface area contributed by atoms with Gasteiger partial charge in [-0.25, -0.2) is 4.79 Å². The van der Waals surface area contributed by atoms with E-state index in [1.54, 1.807) is 36.4 Å². The van der Waals surface area contributed by atoms with E-state index in [0.717, 1.165) is 0 Å². The Morgan fingerprint density at radius 3 is 2.68 bits per heavy atom. The Kier molecular flexibility index (Phi) is 4.97. The van der Waals surface area contributed by atoms with Crippen molar-refractivity contribution in [3.05, 3.63) is 68.5 Å². The quantitative estimate of drug-likeness (QED) is 0.672. The van der Waals surface area contributed by atoms with E-state index in [2.05, 4.69) is 5.32 Å². The van der Waals surface area contributed by atoms with E-state index in [-0.39, 0.29) is 12.5 Å². The van der Waals surface area contributed by atoms with E-state index in [9.17, 15) is 9.59 Å². The van der Waals surface area contributed by atoms with Crippen LogP contribution in [0.5, 0.6) is 5.75 Å². The van der Waals surface area contributed by atoms with Crippen LogP contribution in [0.15, 0.2) is 51.7 Å². The van der Waals surface area contributed by atoms with E-state index in [1.165, 1.54) is 13.0 Å². The Labute approximate surface area is 153 Å². The number of fused-ring (bicyclic) bond motifs is 1. The molecule has 0 saturated carbocycles. The molecule has 3 rings (SSSR count). The van der Waals surface area contributed by atoms with Crippen molar-refractivity contribution in [1.29, 1.82) is 0 Å². The van der Waals surface area contributed by atoms with Crippen LogP contribution in [0.2, 0.25) is 10.0 Å². The Hall–Kier alpha value is -2.50. The molecule has 7 heteroatoms. The summed E-state index contributed by atoms with van der Waals surface area (Å²) >= 11 is 11.9. The van der Waals surface area contributed by atoms with Crippen LogP contribution in [0.25, 0.3) is 11.0 Å². The lowest BCUT2D eigenvalue weighted by atomic mass is 10.1. The molecule has 1 heterocycles. The topological polar surface area (TPSA) is 68.5 Å². The maximum absolute atomic E-state index is 11.8. The number of anilines is 1. The Morgan fingerprint density at radius 1 is 1.16 bits per heavy atom. The van der Waals surface area contributed by atoms with Crippen LogP contribution in [0.1, 0.15) is 12.5 Å². The zero-order valence-electron chi connectivity index (χ0n) is 13.1. The molecule has 128 valence electrons. The molecule has 0 aliphatic heterocycles. The standard InChI is InChI=1S/C18H13Cl2NO4/c1-10(22)21-13-3-4-14-11(6-18(23)25-17(14)8-13)9-24-16-5-2-12(19)7-15(16)20/h2-8H,9H2,1H3,(H,21,22). The SMILES string of the molecule is CC(=O)Nc1ccc2c(COc3ccc(Cl)cc3Cl)cc(=O)oc2c1. The molecule has 1 amide bonds. The minimum Gasteiger partial charge on any atom is -0.487 e. The Morgan fingerprint density at radius 2 is 1.96 bits per heavy atom. The number of carbonyl (C=O) groups excluding carboxylic acids is 1. The zero-order valence-corrected chi connectivity index (χ0v) is 14.6. The highest BCUT2D eigenvalue weighted by atomic mass is 35.5. The number of hydrogen-bond donors (Lipinski definition) is 1. The molecule has 25 heavy (non-hydrogen) atoms. The molecule has 0 aliphatic carbocycles. The van der Waals surface area contributed by atoms with Gasteiger partial charge in [0.05, 0.1) is 5.02 Å². The van der Waals surface area contributed by atoms with Gasteiger partial charge in [0, 0.05) is 40.7 Å². The normalized spacial score (nSPS) is 10.7. The molecule has 0 spiro atoms. The fraction of sp³-hybridized carbons (Fsp3) is 0.111. The number of ether oxygens (including phenoxy) is 1. The van der Waals surface area contributed by atoms with Gasteiger partial charge < -0.3 is 14.5 Å². The third-order valence-corrected chi connectivity index (χ3v) is 3.96. The summed E-state index contributed by atoms with van der Waals surface area (Å²) in [6.45, 7) is 1.53. The molecule has 0 unspecified atom stereocenters. The fourth-order valence-corrected chi connectivity index (χ4v) is 2.84. The second kappa shape index (κ2) is 7.17. The third-order valence-electron chi connectivity index (χ3n) is 3.43. The molecule has 0 fully saturated rings. The summed E-state index contributed by atoms with van der Waals surface area (Å²) in [5.41, 5.74) is 1.04. The van der Waals surface area contributed by atoms with Crippen LogP contribution in [-0.4, -0.2) is 5.91 Å².